The molecule has 0 heterocycles. The molecule has 0 aliphatic heterocycles. The molecular formula is C10H9F2IO2. The molecule has 2 nitrogen and oxygen atoms in total. The number of Topliss-reactive ketones (excluding diaryl/α,β-unsaturated/α-hetero) is 1. The van der Waals surface area contributed by atoms with E-state index in [-0.39, 0.29) is 16.9 Å². The maximum Gasteiger partial charge on any atom is 0.264 e. The van der Waals surface area contributed by atoms with Crippen molar-refractivity contribution in [3.05, 3.63) is 26.8 Å². The van der Waals surface area contributed by atoms with Gasteiger partial charge in [0.25, 0.3) is 6.43 Å². The van der Waals surface area contributed by atoms with Gasteiger partial charge in [0.05, 0.1) is 10.7 Å². The monoisotopic (exact) mass is 326 g/mol. The Labute approximate surface area is 99.8 Å². The van der Waals surface area contributed by atoms with Crippen molar-refractivity contribution in [2.45, 2.75) is 13.3 Å². The zero-order chi connectivity index (χ0) is 11.6. The summed E-state index contributed by atoms with van der Waals surface area (Å²) in [5, 5.41) is 0. The molecule has 5 heteroatoms. The van der Waals surface area contributed by atoms with Crippen molar-refractivity contribution in [1.29, 1.82) is 0 Å². The molecule has 1 aromatic carbocycles. The van der Waals surface area contributed by atoms with E-state index in [0.29, 0.717) is 9.32 Å². The number of halogens is 3. The van der Waals surface area contributed by atoms with Crippen molar-refractivity contribution >= 4 is 28.4 Å². The van der Waals surface area contributed by atoms with Crippen LogP contribution in [0.5, 0.6) is 5.75 Å². The summed E-state index contributed by atoms with van der Waals surface area (Å²) < 4.78 is 30.8. The standard InChI is InChI=1S/C10H9F2IO2/c1-5(14)6-3-8(13)9(15-2)4-7(6)10(11)12/h3-4,10H,1-2H3. The SMILES string of the molecule is COc1cc(C(F)F)c(C(C)=O)cc1I. The van der Waals surface area contributed by atoms with Gasteiger partial charge in [0.15, 0.2) is 5.78 Å². The van der Waals surface area contributed by atoms with E-state index in [9.17, 15) is 13.6 Å². The van der Waals surface area contributed by atoms with Crippen molar-refractivity contribution < 1.29 is 18.3 Å². The van der Waals surface area contributed by atoms with E-state index in [0.717, 1.165) is 0 Å². The number of carbonyl (C=O) groups is 1. The van der Waals surface area contributed by atoms with Gasteiger partial charge in [0.2, 0.25) is 0 Å². The van der Waals surface area contributed by atoms with Gasteiger partial charge < -0.3 is 4.74 Å². The highest BCUT2D eigenvalue weighted by atomic mass is 127. The fraction of sp³-hybridized carbons (Fsp3) is 0.300. The molecule has 0 aliphatic rings. The lowest BCUT2D eigenvalue weighted by atomic mass is 10.0. The Balaban J connectivity index is 3.38. The number of carbonyl (C=O) groups excluding carboxylic acids is 1. The average molecular weight is 326 g/mol. The highest BCUT2D eigenvalue weighted by Gasteiger charge is 2.18. The van der Waals surface area contributed by atoms with Crippen molar-refractivity contribution in [2.75, 3.05) is 7.11 Å². The van der Waals surface area contributed by atoms with Crippen molar-refractivity contribution in [2.24, 2.45) is 0 Å². The first-order valence-electron chi connectivity index (χ1n) is 4.14. The summed E-state index contributed by atoms with van der Waals surface area (Å²) in [6.07, 6.45) is -2.67. The van der Waals surface area contributed by atoms with Crippen molar-refractivity contribution in [3.63, 3.8) is 0 Å². The molecule has 0 aromatic heterocycles. The van der Waals surface area contributed by atoms with Gasteiger partial charge in [-0.2, -0.15) is 0 Å². The highest BCUT2D eigenvalue weighted by Crippen LogP contribution is 2.31. The zero-order valence-electron chi connectivity index (χ0n) is 8.18. The molecule has 0 unspecified atom stereocenters. The lowest BCUT2D eigenvalue weighted by Crippen LogP contribution is -2.02. The van der Waals surface area contributed by atoms with Gasteiger partial charge in [-0.1, -0.05) is 0 Å². The van der Waals surface area contributed by atoms with Gasteiger partial charge in [-0.15, -0.1) is 0 Å². The van der Waals surface area contributed by atoms with Crippen LogP contribution in [-0.2, 0) is 0 Å². The highest BCUT2D eigenvalue weighted by molar-refractivity contribution is 14.1. The maximum absolute atomic E-state index is 12.6. The number of hydrogen-bond acceptors (Lipinski definition) is 2. The van der Waals surface area contributed by atoms with E-state index in [1.54, 1.807) is 0 Å². The Morgan fingerprint density at radius 2 is 2.07 bits per heavy atom. The quantitative estimate of drug-likeness (QED) is 0.628. The third-order valence-electron chi connectivity index (χ3n) is 1.94. The number of hydrogen-bond donors (Lipinski definition) is 0. The number of ketones is 1. The van der Waals surface area contributed by atoms with Crippen LogP contribution in [0.1, 0.15) is 29.3 Å². The lowest BCUT2D eigenvalue weighted by molar-refractivity contribution is 0.0998. The van der Waals surface area contributed by atoms with Gasteiger partial charge in [-0.25, -0.2) is 8.78 Å². The number of alkyl halides is 2. The maximum atomic E-state index is 12.6. The second kappa shape index (κ2) is 4.87. The molecule has 0 N–H and O–H groups in total. The normalized spacial score (nSPS) is 10.5. The van der Waals surface area contributed by atoms with Crippen LogP contribution in [0, 0.1) is 3.57 Å². The Bertz CT molecular complexity index is 391. The second-order valence-corrected chi connectivity index (χ2v) is 4.09. The molecule has 15 heavy (non-hydrogen) atoms. The minimum Gasteiger partial charge on any atom is -0.496 e. The molecule has 1 aromatic rings. The minimum atomic E-state index is -2.67. The molecule has 0 bridgehead atoms. The number of rotatable bonds is 3. The summed E-state index contributed by atoms with van der Waals surface area (Å²) in [5.74, 6) is -0.0123. The Morgan fingerprint density at radius 1 is 1.47 bits per heavy atom. The largest absolute Gasteiger partial charge is 0.496 e. The van der Waals surface area contributed by atoms with E-state index in [1.165, 1.54) is 26.2 Å². The number of benzene rings is 1. The summed E-state index contributed by atoms with van der Waals surface area (Å²) >= 11 is 1.94. The lowest BCUT2D eigenvalue weighted by Gasteiger charge is -2.10. The van der Waals surface area contributed by atoms with Crippen LogP contribution < -0.4 is 4.74 Å². The molecule has 0 atom stereocenters. The Hall–Kier alpha value is -0.720. The smallest absolute Gasteiger partial charge is 0.264 e. The summed E-state index contributed by atoms with van der Waals surface area (Å²) in [4.78, 5) is 11.1. The first kappa shape index (κ1) is 12.4. The molecule has 0 saturated heterocycles. The number of ether oxygens (including phenoxy) is 1. The molecule has 0 aliphatic carbocycles. The summed E-state index contributed by atoms with van der Waals surface area (Å²) in [6, 6.07) is 2.63. The van der Waals surface area contributed by atoms with Gasteiger partial charge in [0.1, 0.15) is 5.75 Å². The van der Waals surface area contributed by atoms with Crippen LogP contribution in [-0.4, -0.2) is 12.9 Å². The van der Waals surface area contributed by atoms with Gasteiger partial charge in [-0.3, -0.25) is 4.79 Å². The topological polar surface area (TPSA) is 26.3 Å². The average Bonchev–Trinajstić information content (AvgIpc) is 2.16. The number of methoxy groups -OCH3 is 1. The van der Waals surface area contributed by atoms with Crippen LogP contribution in [0.3, 0.4) is 0 Å². The first-order chi connectivity index (χ1) is 6.97. The van der Waals surface area contributed by atoms with Crippen molar-refractivity contribution in [1.82, 2.24) is 0 Å². The summed E-state index contributed by atoms with van der Waals surface area (Å²) in [5.41, 5.74) is -0.227. The van der Waals surface area contributed by atoms with Gasteiger partial charge >= 0.3 is 0 Å². The van der Waals surface area contributed by atoms with Crippen LogP contribution in [0.15, 0.2) is 12.1 Å². The predicted octanol–water partition coefficient (Wildman–Crippen LogP) is 3.44. The molecule has 0 amide bonds. The van der Waals surface area contributed by atoms with E-state index in [2.05, 4.69) is 0 Å². The third-order valence-corrected chi connectivity index (χ3v) is 2.78. The van der Waals surface area contributed by atoms with Crippen LogP contribution in [0.2, 0.25) is 0 Å². The summed E-state index contributed by atoms with van der Waals surface area (Å²) in [7, 11) is 1.40. The van der Waals surface area contributed by atoms with E-state index >= 15 is 0 Å². The van der Waals surface area contributed by atoms with E-state index in [4.69, 9.17) is 4.74 Å². The zero-order valence-corrected chi connectivity index (χ0v) is 10.3. The van der Waals surface area contributed by atoms with Crippen molar-refractivity contribution in [3.8, 4) is 5.75 Å². The molecule has 0 fully saturated rings. The first-order valence-corrected chi connectivity index (χ1v) is 5.21. The van der Waals surface area contributed by atoms with E-state index in [1.807, 2.05) is 22.6 Å². The van der Waals surface area contributed by atoms with Crippen LogP contribution in [0.25, 0.3) is 0 Å². The fourth-order valence-electron chi connectivity index (χ4n) is 1.21. The molecule has 1 rings (SSSR count). The van der Waals surface area contributed by atoms with Gasteiger partial charge in [0, 0.05) is 11.1 Å². The Kier molecular flexibility index (Phi) is 4.01. The molecule has 0 radical (unpaired) electrons. The summed E-state index contributed by atoms with van der Waals surface area (Å²) in [6.45, 7) is 1.27. The van der Waals surface area contributed by atoms with Gasteiger partial charge in [-0.05, 0) is 41.6 Å². The Morgan fingerprint density at radius 3 is 2.47 bits per heavy atom. The molecule has 82 valence electrons. The van der Waals surface area contributed by atoms with Crippen LogP contribution >= 0.6 is 22.6 Å². The minimum absolute atomic E-state index is 0.0511. The fourth-order valence-corrected chi connectivity index (χ4v) is 1.90. The third kappa shape index (κ3) is 2.64. The second-order valence-electron chi connectivity index (χ2n) is 2.93. The van der Waals surface area contributed by atoms with Crippen LogP contribution in [0.4, 0.5) is 8.78 Å². The molecule has 0 spiro atoms. The van der Waals surface area contributed by atoms with E-state index < -0.39 is 6.43 Å². The molecular weight excluding hydrogens is 317 g/mol. The molecule has 0 saturated carbocycles. The predicted molar refractivity (Wildman–Crippen MR) is 60.7 cm³/mol.